The molecule has 1 fully saturated rings. The number of pyridine rings is 1. The third kappa shape index (κ3) is 4.55. The van der Waals surface area contributed by atoms with Crippen molar-refractivity contribution in [2.75, 3.05) is 26.3 Å². The van der Waals surface area contributed by atoms with E-state index < -0.39 is 0 Å². The van der Waals surface area contributed by atoms with Gasteiger partial charge in [-0.1, -0.05) is 6.07 Å². The van der Waals surface area contributed by atoms with E-state index in [9.17, 15) is 0 Å². The van der Waals surface area contributed by atoms with Crippen molar-refractivity contribution in [2.24, 2.45) is 5.10 Å². The molecule has 182 valence electrons. The summed E-state index contributed by atoms with van der Waals surface area (Å²) >= 11 is 0. The number of ether oxygens (including phenoxy) is 1. The van der Waals surface area contributed by atoms with Crippen LogP contribution in [0, 0.1) is 0 Å². The van der Waals surface area contributed by atoms with Crippen molar-refractivity contribution < 1.29 is 4.74 Å². The maximum absolute atomic E-state index is 5.64. The van der Waals surface area contributed by atoms with E-state index in [0.29, 0.717) is 13.2 Å². The molecule has 0 radical (unpaired) electrons. The number of benzene rings is 1. The van der Waals surface area contributed by atoms with Crippen LogP contribution >= 0.6 is 0 Å². The molecule has 0 unspecified atom stereocenters. The van der Waals surface area contributed by atoms with Crippen molar-refractivity contribution in [1.82, 2.24) is 30.1 Å². The Hall–Kier alpha value is -4.17. The zero-order valence-corrected chi connectivity index (χ0v) is 20.3. The predicted molar refractivity (Wildman–Crippen MR) is 142 cm³/mol. The summed E-state index contributed by atoms with van der Waals surface area (Å²) in [7, 11) is 0. The number of aryl methyl sites for hydroxylation is 1. The summed E-state index contributed by atoms with van der Waals surface area (Å²) in [6.45, 7) is 5.22. The molecule has 2 N–H and O–H groups in total. The number of hydrogen-bond donors (Lipinski definition) is 2. The number of allylic oxidation sites excluding steroid dienone is 2. The van der Waals surface area contributed by atoms with Gasteiger partial charge in [-0.2, -0.15) is 10.2 Å². The molecule has 8 heteroatoms. The van der Waals surface area contributed by atoms with Crippen molar-refractivity contribution >= 4 is 22.9 Å². The quantitative estimate of drug-likeness (QED) is 0.327. The first-order valence-electron chi connectivity index (χ1n) is 12.3. The Balaban J connectivity index is 1.33. The van der Waals surface area contributed by atoms with Crippen molar-refractivity contribution in [1.29, 1.82) is 0 Å². The molecule has 8 nitrogen and oxygen atoms in total. The fourth-order valence-corrected chi connectivity index (χ4v) is 4.69. The van der Waals surface area contributed by atoms with Crippen LogP contribution in [0.2, 0.25) is 0 Å². The van der Waals surface area contributed by atoms with E-state index in [1.807, 2.05) is 24.7 Å². The van der Waals surface area contributed by atoms with E-state index in [-0.39, 0.29) is 0 Å². The second-order valence-corrected chi connectivity index (χ2v) is 9.16. The third-order valence-electron chi connectivity index (χ3n) is 6.76. The molecule has 2 aliphatic heterocycles. The van der Waals surface area contributed by atoms with E-state index in [1.54, 1.807) is 6.20 Å². The number of hydrazone groups is 1. The number of morpholine rings is 1. The zero-order chi connectivity index (χ0) is 24.3. The molecule has 0 saturated carbocycles. The summed E-state index contributed by atoms with van der Waals surface area (Å²) in [4.78, 5) is 9.86. The van der Waals surface area contributed by atoms with E-state index in [1.165, 1.54) is 16.7 Å². The maximum atomic E-state index is 5.64. The fourth-order valence-electron chi connectivity index (χ4n) is 4.69. The fraction of sp³-hybridized carbons (Fsp3) is 0.250. The molecule has 0 bridgehead atoms. The molecule has 0 amide bonds. The molecule has 1 saturated heterocycles. The molecule has 6 rings (SSSR count). The monoisotopic (exact) mass is 479 g/mol. The first-order valence-corrected chi connectivity index (χ1v) is 12.3. The van der Waals surface area contributed by atoms with Gasteiger partial charge in [0.15, 0.2) is 0 Å². The minimum absolute atomic E-state index is 0.703. The Morgan fingerprint density at radius 1 is 1.11 bits per heavy atom. The van der Waals surface area contributed by atoms with Gasteiger partial charge in [-0.3, -0.25) is 10.4 Å². The molecule has 0 spiro atoms. The van der Waals surface area contributed by atoms with Gasteiger partial charge in [0.1, 0.15) is 5.82 Å². The van der Waals surface area contributed by atoms with E-state index in [4.69, 9.17) is 9.84 Å². The second kappa shape index (κ2) is 9.83. The number of aromatic amines is 1. The smallest absolute Gasteiger partial charge is 0.132 e. The molecule has 4 aromatic rings. The summed E-state index contributed by atoms with van der Waals surface area (Å²) in [6, 6.07) is 14.5. The van der Waals surface area contributed by atoms with Crippen molar-refractivity contribution in [3.63, 3.8) is 0 Å². The number of aromatic nitrogens is 4. The van der Waals surface area contributed by atoms with Crippen LogP contribution in [0.5, 0.6) is 0 Å². The molecular weight excluding hydrogens is 450 g/mol. The van der Waals surface area contributed by atoms with Crippen LogP contribution in [0.1, 0.15) is 24.6 Å². The first kappa shape index (κ1) is 22.3. The van der Waals surface area contributed by atoms with Crippen LogP contribution in [-0.2, 0) is 11.2 Å². The number of H-pyrrole nitrogens is 1. The van der Waals surface area contributed by atoms with Gasteiger partial charge in [0, 0.05) is 54.5 Å². The van der Waals surface area contributed by atoms with Gasteiger partial charge < -0.3 is 14.6 Å². The highest BCUT2D eigenvalue weighted by atomic mass is 16.5. The van der Waals surface area contributed by atoms with Gasteiger partial charge in [-0.15, -0.1) is 0 Å². The standard InChI is InChI=1S/C28H29N7O/c1-20-4-6-24-16-27(23-3-2-9-29-19-23)33-35(24)28(34-11-13-36-14-12-34)17-26(20)32-31-18-21-5-7-25-22(15-21)8-10-30-25/h2-3,5,7-10,15-19,30,32H,4,6,11-14H2,1H3/b26-20?,28-17?,31-18+. The van der Waals surface area contributed by atoms with Gasteiger partial charge in [-0.05, 0) is 72.7 Å². The van der Waals surface area contributed by atoms with E-state index >= 15 is 0 Å². The lowest BCUT2D eigenvalue weighted by molar-refractivity contribution is 0.0610. The molecule has 5 heterocycles. The highest BCUT2D eigenvalue weighted by Crippen LogP contribution is 2.28. The molecule has 0 aliphatic carbocycles. The Morgan fingerprint density at radius 2 is 2.03 bits per heavy atom. The number of fused-ring (bicyclic) bond motifs is 2. The van der Waals surface area contributed by atoms with Crippen molar-refractivity contribution in [3.05, 3.63) is 89.7 Å². The van der Waals surface area contributed by atoms with Crippen molar-refractivity contribution in [3.8, 4) is 11.3 Å². The van der Waals surface area contributed by atoms with Crippen LogP contribution in [0.15, 0.2) is 83.5 Å². The van der Waals surface area contributed by atoms with Crippen LogP contribution < -0.4 is 5.43 Å². The third-order valence-corrected chi connectivity index (χ3v) is 6.76. The summed E-state index contributed by atoms with van der Waals surface area (Å²) in [6.07, 6.45) is 11.5. The molecule has 36 heavy (non-hydrogen) atoms. The zero-order valence-electron chi connectivity index (χ0n) is 20.3. The van der Waals surface area contributed by atoms with Gasteiger partial charge in [0.25, 0.3) is 0 Å². The molecule has 0 atom stereocenters. The Bertz CT molecular complexity index is 1460. The van der Waals surface area contributed by atoms with Crippen molar-refractivity contribution in [2.45, 2.75) is 19.8 Å². The average Bonchev–Trinajstić information content (AvgIpc) is 3.56. The Labute approximate surface area is 210 Å². The topological polar surface area (TPSA) is 83.4 Å². The lowest BCUT2D eigenvalue weighted by atomic mass is 10.1. The van der Waals surface area contributed by atoms with Crippen LogP contribution in [0.25, 0.3) is 28.0 Å². The minimum Gasteiger partial charge on any atom is -0.378 e. The number of hydrogen-bond acceptors (Lipinski definition) is 6. The highest BCUT2D eigenvalue weighted by Gasteiger charge is 2.22. The summed E-state index contributed by atoms with van der Waals surface area (Å²) in [5.41, 5.74) is 10.9. The number of nitrogens with one attached hydrogen (secondary N) is 2. The van der Waals surface area contributed by atoms with E-state index in [0.717, 1.165) is 59.8 Å². The Kier molecular flexibility index (Phi) is 6.09. The second-order valence-electron chi connectivity index (χ2n) is 9.16. The van der Waals surface area contributed by atoms with Crippen LogP contribution in [-0.4, -0.2) is 57.2 Å². The first-order chi connectivity index (χ1) is 17.7. The van der Waals surface area contributed by atoms with Crippen LogP contribution in [0.3, 0.4) is 0 Å². The van der Waals surface area contributed by atoms with Gasteiger partial charge >= 0.3 is 0 Å². The average molecular weight is 480 g/mol. The SMILES string of the molecule is CC1=C(N/N=C/c2ccc3[nH]ccc3c2)C=C(N2CCOCC2)n2nc(-c3cccnc3)cc2CC1. The maximum Gasteiger partial charge on any atom is 0.132 e. The normalized spacial score (nSPS) is 16.7. The lowest BCUT2D eigenvalue weighted by Crippen LogP contribution is -2.37. The minimum atomic E-state index is 0.703. The molecule has 2 aliphatic rings. The molecule has 1 aromatic carbocycles. The summed E-state index contributed by atoms with van der Waals surface area (Å²) in [5.74, 6) is 1.04. The predicted octanol–water partition coefficient (Wildman–Crippen LogP) is 4.40. The summed E-state index contributed by atoms with van der Waals surface area (Å²) < 4.78 is 7.72. The molecular formula is C28H29N7O. The largest absolute Gasteiger partial charge is 0.378 e. The Morgan fingerprint density at radius 3 is 2.89 bits per heavy atom. The summed E-state index contributed by atoms with van der Waals surface area (Å²) in [5, 5.41) is 10.8. The number of nitrogens with zero attached hydrogens (tertiary/aromatic N) is 5. The van der Waals surface area contributed by atoms with Gasteiger partial charge in [0.2, 0.25) is 0 Å². The number of rotatable bonds is 5. The van der Waals surface area contributed by atoms with Crippen LogP contribution in [0.4, 0.5) is 0 Å². The van der Waals surface area contributed by atoms with E-state index in [2.05, 4.69) is 79.5 Å². The van der Waals surface area contributed by atoms with Gasteiger partial charge in [0.05, 0.1) is 30.8 Å². The molecule has 3 aromatic heterocycles. The highest BCUT2D eigenvalue weighted by molar-refractivity contribution is 5.88. The van der Waals surface area contributed by atoms with Gasteiger partial charge in [-0.25, -0.2) is 4.68 Å². The lowest BCUT2D eigenvalue weighted by Gasteiger charge is -2.32.